The van der Waals surface area contributed by atoms with Gasteiger partial charge in [-0.3, -0.25) is 4.79 Å². The molecule has 0 aliphatic rings. The number of nitrogens with zero attached hydrogens (tertiary/aromatic N) is 1. The van der Waals surface area contributed by atoms with Gasteiger partial charge in [0.25, 0.3) is 5.91 Å². The SMILES string of the molecule is COCCN(Cc1ccco1)C(=O)c1cc(Br)cc(C(=O)O)c1. The molecule has 6 nitrogen and oxygen atoms in total. The van der Waals surface area contributed by atoms with Crippen molar-refractivity contribution in [3.05, 3.63) is 58.0 Å². The summed E-state index contributed by atoms with van der Waals surface area (Å²) >= 11 is 3.23. The molecule has 7 heteroatoms. The zero-order valence-electron chi connectivity index (χ0n) is 12.5. The molecule has 0 fully saturated rings. The Kier molecular flexibility index (Phi) is 5.95. The Morgan fingerprint density at radius 3 is 2.65 bits per heavy atom. The van der Waals surface area contributed by atoms with Crippen molar-refractivity contribution in [3.63, 3.8) is 0 Å². The molecule has 0 aliphatic heterocycles. The highest BCUT2D eigenvalue weighted by atomic mass is 79.9. The number of ether oxygens (including phenoxy) is 1. The summed E-state index contributed by atoms with van der Waals surface area (Å²) in [5, 5.41) is 9.12. The van der Waals surface area contributed by atoms with Gasteiger partial charge in [-0.15, -0.1) is 0 Å². The number of hydrogen-bond acceptors (Lipinski definition) is 4. The number of benzene rings is 1. The maximum absolute atomic E-state index is 12.7. The van der Waals surface area contributed by atoms with Crippen LogP contribution in [0.5, 0.6) is 0 Å². The van der Waals surface area contributed by atoms with Gasteiger partial charge in [-0.1, -0.05) is 15.9 Å². The number of carboxylic acids is 1. The molecule has 1 aromatic heterocycles. The van der Waals surface area contributed by atoms with Gasteiger partial charge in [-0.2, -0.15) is 0 Å². The number of furan rings is 1. The number of halogens is 1. The van der Waals surface area contributed by atoms with Gasteiger partial charge in [0.05, 0.1) is 25.0 Å². The first-order chi connectivity index (χ1) is 11.0. The number of rotatable bonds is 7. The monoisotopic (exact) mass is 381 g/mol. The summed E-state index contributed by atoms with van der Waals surface area (Å²) in [5.41, 5.74) is 0.340. The van der Waals surface area contributed by atoms with Crippen LogP contribution in [-0.2, 0) is 11.3 Å². The van der Waals surface area contributed by atoms with Gasteiger partial charge in [0.2, 0.25) is 0 Å². The predicted molar refractivity (Wildman–Crippen MR) is 86.4 cm³/mol. The fourth-order valence-corrected chi connectivity index (χ4v) is 2.56. The lowest BCUT2D eigenvalue weighted by atomic mass is 10.1. The molecule has 1 aromatic carbocycles. The van der Waals surface area contributed by atoms with E-state index >= 15 is 0 Å². The fourth-order valence-electron chi connectivity index (χ4n) is 2.06. The van der Waals surface area contributed by atoms with E-state index in [1.54, 1.807) is 30.2 Å². The minimum Gasteiger partial charge on any atom is -0.478 e. The highest BCUT2D eigenvalue weighted by Gasteiger charge is 2.19. The van der Waals surface area contributed by atoms with E-state index in [0.717, 1.165) is 0 Å². The summed E-state index contributed by atoms with van der Waals surface area (Å²) in [7, 11) is 1.55. The molecule has 0 spiro atoms. The highest BCUT2D eigenvalue weighted by Crippen LogP contribution is 2.18. The van der Waals surface area contributed by atoms with Gasteiger partial charge in [0.1, 0.15) is 5.76 Å². The van der Waals surface area contributed by atoms with E-state index in [4.69, 9.17) is 14.3 Å². The van der Waals surface area contributed by atoms with Crippen LogP contribution in [0, 0.1) is 0 Å². The summed E-state index contributed by atoms with van der Waals surface area (Å²) in [4.78, 5) is 25.4. The molecule has 0 unspecified atom stereocenters. The Hall–Kier alpha value is -2.12. The highest BCUT2D eigenvalue weighted by molar-refractivity contribution is 9.10. The summed E-state index contributed by atoms with van der Waals surface area (Å²) in [5.74, 6) is -0.736. The zero-order chi connectivity index (χ0) is 16.8. The average molecular weight is 382 g/mol. The molecule has 2 rings (SSSR count). The van der Waals surface area contributed by atoms with Crippen LogP contribution >= 0.6 is 15.9 Å². The van der Waals surface area contributed by atoms with Gasteiger partial charge in [0.15, 0.2) is 0 Å². The summed E-state index contributed by atoms with van der Waals surface area (Å²) in [6.45, 7) is 1.02. The molecule has 0 radical (unpaired) electrons. The number of methoxy groups -OCH3 is 1. The van der Waals surface area contributed by atoms with E-state index in [1.165, 1.54) is 18.4 Å². The largest absolute Gasteiger partial charge is 0.478 e. The molecule has 0 saturated carbocycles. The second-order valence-electron chi connectivity index (χ2n) is 4.83. The predicted octanol–water partition coefficient (Wildman–Crippen LogP) is 3.03. The van der Waals surface area contributed by atoms with Crippen molar-refractivity contribution in [1.29, 1.82) is 0 Å². The van der Waals surface area contributed by atoms with Crippen LogP contribution in [0.2, 0.25) is 0 Å². The molecule has 2 aromatic rings. The van der Waals surface area contributed by atoms with Crippen LogP contribution in [0.4, 0.5) is 0 Å². The summed E-state index contributed by atoms with van der Waals surface area (Å²) < 4.78 is 10.8. The maximum atomic E-state index is 12.7. The quantitative estimate of drug-likeness (QED) is 0.796. The Bertz CT molecular complexity index is 684. The average Bonchev–Trinajstić information content (AvgIpc) is 3.03. The van der Waals surface area contributed by atoms with Crippen LogP contribution in [-0.4, -0.2) is 42.1 Å². The van der Waals surface area contributed by atoms with Crippen molar-refractivity contribution in [2.75, 3.05) is 20.3 Å². The lowest BCUT2D eigenvalue weighted by molar-refractivity contribution is 0.0666. The summed E-state index contributed by atoms with van der Waals surface area (Å²) in [6, 6.07) is 7.92. The first kappa shape index (κ1) is 17.2. The maximum Gasteiger partial charge on any atom is 0.335 e. The second-order valence-corrected chi connectivity index (χ2v) is 5.75. The second kappa shape index (κ2) is 7.94. The van der Waals surface area contributed by atoms with E-state index in [2.05, 4.69) is 15.9 Å². The first-order valence-corrected chi connectivity index (χ1v) is 7.65. The number of aromatic carboxylic acids is 1. The lowest BCUT2D eigenvalue weighted by Crippen LogP contribution is -2.33. The van der Waals surface area contributed by atoms with Crippen molar-refractivity contribution in [1.82, 2.24) is 4.90 Å². The third-order valence-corrected chi connectivity index (χ3v) is 3.63. The van der Waals surface area contributed by atoms with Crippen molar-refractivity contribution in [3.8, 4) is 0 Å². The Morgan fingerprint density at radius 1 is 1.30 bits per heavy atom. The Labute approximate surface area is 141 Å². The van der Waals surface area contributed by atoms with Crippen LogP contribution in [0.3, 0.4) is 0 Å². The molecule has 23 heavy (non-hydrogen) atoms. The molecule has 0 bridgehead atoms. The number of carbonyl (C=O) groups is 2. The molecule has 1 N–H and O–H groups in total. The van der Waals surface area contributed by atoms with Crippen molar-refractivity contribution >= 4 is 27.8 Å². The number of hydrogen-bond donors (Lipinski definition) is 1. The van der Waals surface area contributed by atoms with Gasteiger partial charge < -0.3 is 19.2 Å². The van der Waals surface area contributed by atoms with Crippen LogP contribution in [0.25, 0.3) is 0 Å². The number of amides is 1. The van der Waals surface area contributed by atoms with Crippen molar-refractivity contribution < 1.29 is 23.8 Å². The van der Waals surface area contributed by atoms with Gasteiger partial charge >= 0.3 is 5.97 Å². The van der Waals surface area contributed by atoms with Gasteiger partial charge in [-0.25, -0.2) is 4.79 Å². The van der Waals surface area contributed by atoms with E-state index in [0.29, 0.717) is 28.9 Å². The first-order valence-electron chi connectivity index (χ1n) is 6.85. The molecule has 1 heterocycles. The molecular formula is C16H16BrNO5. The minimum absolute atomic E-state index is 0.0485. The van der Waals surface area contributed by atoms with Crippen LogP contribution in [0.15, 0.2) is 45.5 Å². The summed E-state index contributed by atoms with van der Waals surface area (Å²) in [6.07, 6.45) is 1.54. The van der Waals surface area contributed by atoms with Gasteiger partial charge in [-0.05, 0) is 30.3 Å². The van der Waals surface area contributed by atoms with Gasteiger partial charge in [0, 0.05) is 23.7 Å². The van der Waals surface area contributed by atoms with Crippen LogP contribution < -0.4 is 0 Å². The van der Waals surface area contributed by atoms with E-state index in [9.17, 15) is 9.59 Å². The molecule has 0 aliphatic carbocycles. The number of carbonyl (C=O) groups excluding carboxylic acids is 1. The van der Waals surface area contributed by atoms with E-state index in [1.807, 2.05) is 0 Å². The van der Waals surface area contributed by atoms with Crippen molar-refractivity contribution in [2.24, 2.45) is 0 Å². The third-order valence-electron chi connectivity index (χ3n) is 3.17. The standard InChI is InChI=1S/C16H16BrNO5/c1-22-6-4-18(10-14-3-2-5-23-14)15(19)11-7-12(16(20)21)9-13(17)8-11/h2-3,5,7-9H,4,6,10H2,1H3,(H,20,21). The topological polar surface area (TPSA) is 80.0 Å². The van der Waals surface area contributed by atoms with Crippen molar-refractivity contribution in [2.45, 2.75) is 6.54 Å². The third kappa shape index (κ3) is 4.67. The molecule has 0 atom stereocenters. The zero-order valence-corrected chi connectivity index (χ0v) is 14.1. The number of carboxylic acid groups (broad SMARTS) is 1. The molecule has 1 amide bonds. The Morgan fingerprint density at radius 2 is 2.04 bits per heavy atom. The van der Waals surface area contributed by atoms with E-state index in [-0.39, 0.29) is 18.0 Å². The smallest absolute Gasteiger partial charge is 0.335 e. The normalized spacial score (nSPS) is 10.5. The molecule has 0 saturated heterocycles. The molecular weight excluding hydrogens is 366 g/mol. The lowest BCUT2D eigenvalue weighted by Gasteiger charge is -2.21. The van der Waals surface area contributed by atoms with E-state index < -0.39 is 5.97 Å². The van der Waals surface area contributed by atoms with Crippen LogP contribution in [0.1, 0.15) is 26.5 Å². The fraction of sp³-hybridized carbons (Fsp3) is 0.250. The Balaban J connectivity index is 2.27. The molecule has 122 valence electrons. The minimum atomic E-state index is -1.09.